The van der Waals surface area contributed by atoms with Crippen molar-refractivity contribution in [3.63, 3.8) is 0 Å². The number of amides is 1. The molecule has 0 radical (unpaired) electrons. The molecule has 154 valence electrons. The minimum Gasteiger partial charge on any atom is -0.457 e. The van der Waals surface area contributed by atoms with Gasteiger partial charge in [-0.25, -0.2) is 4.39 Å². The molecular weight excluding hydrogens is 383 g/mol. The standard InChI is InChI=1S/C24H23FN2O3/c25-20-6-8-21(9-7-20)30-22-5-1-3-18(15-22)24(28)27-23(17-10-13-29-14-11-17)19-4-2-12-26-16-19/h1-9,12,15-17,23H,10-11,13-14H2,(H,27,28). The van der Waals surface area contributed by atoms with Crippen LogP contribution in [-0.4, -0.2) is 24.1 Å². The molecule has 30 heavy (non-hydrogen) atoms. The molecule has 1 N–H and O–H groups in total. The number of hydrogen-bond acceptors (Lipinski definition) is 4. The van der Waals surface area contributed by atoms with E-state index in [0.29, 0.717) is 30.3 Å². The van der Waals surface area contributed by atoms with Gasteiger partial charge in [0, 0.05) is 31.2 Å². The highest BCUT2D eigenvalue weighted by Gasteiger charge is 2.27. The van der Waals surface area contributed by atoms with E-state index < -0.39 is 0 Å². The molecule has 4 rings (SSSR count). The second-order valence-electron chi connectivity index (χ2n) is 7.27. The number of carbonyl (C=O) groups excluding carboxylic acids is 1. The molecular formula is C24H23FN2O3. The first kappa shape index (κ1) is 20.0. The van der Waals surface area contributed by atoms with Crippen LogP contribution in [0.5, 0.6) is 11.5 Å². The van der Waals surface area contributed by atoms with Crippen LogP contribution >= 0.6 is 0 Å². The first-order valence-electron chi connectivity index (χ1n) is 10.0. The predicted octanol–water partition coefficient (Wildman–Crippen LogP) is 4.91. The SMILES string of the molecule is O=C(NC(c1cccnc1)C1CCOCC1)c1cccc(Oc2ccc(F)cc2)c1. The first-order valence-corrected chi connectivity index (χ1v) is 10.0. The van der Waals surface area contributed by atoms with Gasteiger partial charge in [-0.2, -0.15) is 0 Å². The summed E-state index contributed by atoms with van der Waals surface area (Å²) in [5.41, 5.74) is 1.48. The minimum absolute atomic E-state index is 0.142. The molecule has 0 aliphatic carbocycles. The second-order valence-corrected chi connectivity index (χ2v) is 7.27. The largest absolute Gasteiger partial charge is 0.457 e. The molecule has 1 saturated heterocycles. The fraction of sp³-hybridized carbons (Fsp3) is 0.250. The Kier molecular flexibility index (Phi) is 6.35. The molecule has 1 unspecified atom stereocenters. The van der Waals surface area contributed by atoms with E-state index in [1.807, 2.05) is 12.1 Å². The average Bonchev–Trinajstić information content (AvgIpc) is 2.80. The highest BCUT2D eigenvalue weighted by molar-refractivity contribution is 5.94. The molecule has 1 aliphatic rings. The minimum atomic E-state index is -0.329. The summed E-state index contributed by atoms with van der Waals surface area (Å²) >= 11 is 0. The van der Waals surface area contributed by atoms with Gasteiger partial charge in [-0.05, 0) is 72.9 Å². The topological polar surface area (TPSA) is 60.5 Å². The van der Waals surface area contributed by atoms with Crippen molar-refractivity contribution in [3.8, 4) is 11.5 Å². The van der Waals surface area contributed by atoms with Gasteiger partial charge in [-0.15, -0.1) is 0 Å². The Morgan fingerprint density at radius 2 is 1.87 bits per heavy atom. The summed E-state index contributed by atoms with van der Waals surface area (Å²) in [4.78, 5) is 17.3. The van der Waals surface area contributed by atoms with Gasteiger partial charge in [0.25, 0.3) is 5.91 Å². The molecule has 1 fully saturated rings. The molecule has 5 nitrogen and oxygen atoms in total. The van der Waals surface area contributed by atoms with Crippen LogP contribution in [0.1, 0.15) is 34.8 Å². The number of nitrogens with one attached hydrogen (secondary N) is 1. The molecule has 0 spiro atoms. The predicted molar refractivity (Wildman–Crippen MR) is 111 cm³/mol. The van der Waals surface area contributed by atoms with Gasteiger partial charge in [-0.1, -0.05) is 12.1 Å². The van der Waals surface area contributed by atoms with E-state index in [-0.39, 0.29) is 23.7 Å². The second kappa shape index (κ2) is 9.50. The van der Waals surface area contributed by atoms with Crippen molar-refractivity contribution >= 4 is 5.91 Å². The fourth-order valence-electron chi connectivity index (χ4n) is 3.65. The van der Waals surface area contributed by atoms with Crippen LogP contribution in [0, 0.1) is 11.7 Å². The highest BCUT2D eigenvalue weighted by Crippen LogP contribution is 2.30. The van der Waals surface area contributed by atoms with Crippen LogP contribution in [0.3, 0.4) is 0 Å². The van der Waals surface area contributed by atoms with Crippen LogP contribution < -0.4 is 10.1 Å². The number of pyridine rings is 1. The number of halogens is 1. The van der Waals surface area contributed by atoms with Gasteiger partial charge in [0.1, 0.15) is 17.3 Å². The van der Waals surface area contributed by atoms with Crippen LogP contribution in [0.4, 0.5) is 4.39 Å². The lowest BCUT2D eigenvalue weighted by Gasteiger charge is -2.31. The molecule has 6 heteroatoms. The summed E-state index contributed by atoms with van der Waals surface area (Å²) in [6, 6.07) is 16.4. The molecule has 1 amide bonds. The molecule has 0 saturated carbocycles. The van der Waals surface area contributed by atoms with Crippen molar-refractivity contribution in [2.75, 3.05) is 13.2 Å². The summed E-state index contributed by atoms with van der Waals surface area (Å²) in [5, 5.41) is 3.18. The van der Waals surface area contributed by atoms with Crippen LogP contribution in [0.15, 0.2) is 73.1 Å². The summed E-state index contributed by atoms with van der Waals surface area (Å²) in [6.07, 6.45) is 5.29. The number of nitrogens with zero attached hydrogens (tertiary/aromatic N) is 1. The van der Waals surface area contributed by atoms with Gasteiger partial charge in [0.15, 0.2) is 0 Å². The third-order valence-electron chi connectivity index (χ3n) is 5.21. The Morgan fingerprint density at radius 3 is 2.60 bits per heavy atom. The zero-order valence-electron chi connectivity index (χ0n) is 16.5. The molecule has 0 bridgehead atoms. The van der Waals surface area contributed by atoms with Gasteiger partial charge in [0.05, 0.1) is 6.04 Å². The molecule has 1 aliphatic heterocycles. The average molecular weight is 406 g/mol. The Labute approximate surface area is 174 Å². The lowest BCUT2D eigenvalue weighted by atomic mass is 9.87. The highest BCUT2D eigenvalue weighted by atomic mass is 19.1. The van der Waals surface area contributed by atoms with E-state index in [0.717, 1.165) is 18.4 Å². The van der Waals surface area contributed by atoms with Gasteiger partial charge in [0.2, 0.25) is 0 Å². The number of hydrogen-bond donors (Lipinski definition) is 1. The summed E-state index contributed by atoms with van der Waals surface area (Å²) in [6.45, 7) is 1.39. The van der Waals surface area contributed by atoms with Gasteiger partial charge in [-0.3, -0.25) is 9.78 Å². The molecule has 2 aromatic carbocycles. The Hall–Kier alpha value is -3.25. The Morgan fingerprint density at radius 1 is 1.07 bits per heavy atom. The number of carbonyl (C=O) groups is 1. The number of aromatic nitrogens is 1. The first-order chi connectivity index (χ1) is 14.7. The molecule has 2 heterocycles. The van der Waals surface area contributed by atoms with Gasteiger partial charge < -0.3 is 14.8 Å². The van der Waals surface area contributed by atoms with Crippen molar-refractivity contribution in [2.45, 2.75) is 18.9 Å². The van der Waals surface area contributed by atoms with E-state index in [1.165, 1.54) is 12.1 Å². The van der Waals surface area contributed by atoms with Crippen molar-refractivity contribution in [1.29, 1.82) is 0 Å². The monoisotopic (exact) mass is 406 g/mol. The summed E-state index contributed by atoms with van der Waals surface area (Å²) < 4.78 is 24.3. The van der Waals surface area contributed by atoms with E-state index in [1.54, 1.807) is 48.8 Å². The maximum absolute atomic E-state index is 13.1. The lowest BCUT2D eigenvalue weighted by molar-refractivity contribution is 0.0513. The lowest BCUT2D eigenvalue weighted by Crippen LogP contribution is -2.36. The maximum atomic E-state index is 13.1. The van der Waals surface area contributed by atoms with E-state index in [4.69, 9.17) is 9.47 Å². The van der Waals surface area contributed by atoms with Crippen LogP contribution in [0.25, 0.3) is 0 Å². The number of ether oxygens (including phenoxy) is 2. The van der Waals surface area contributed by atoms with E-state index >= 15 is 0 Å². The Balaban J connectivity index is 1.51. The third kappa shape index (κ3) is 5.02. The van der Waals surface area contributed by atoms with Crippen molar-refractivity contribution in [3.05, 3.63) is 90.0 Å². The van der Waals surface area contributed by atoms with Crippen molar-refractivity contribution < 1.29 is 18.7 Å². The van der Waals surface area contributed by atoms with Crippen molar-refractivity contribution in [2.24, 2.45) is 5.92 Å². The smallest absolute Gasteiger partial charge is 0.251 e. The summed E-state index contributed by atoms with van der Waals surface area (Å²) in [7, 11) is 0. The number of rotatable bonds is 6. The quantitative estimate of drug-likeness (QED) is 0.632. The fourth-order valence-corrected chi connectivity index (χ4v) is 3.65. The van der Waals surface area contributed by atoms with E-state index in [9.17, 15) is 9.18 Å². The maximum Gasteiger partial charge on any atom is 0.251 e. The molecule has 1 aromatic heterocycles. The molecule has 3 aromatic rings. The number of benzene rings is 2. The zero-order valence-corrected chi connectivity index (χ0v) is 16.5. The third-order valence-corrected chi connectivity index (χ3v) is 5.21. The van der Waals surface area contributed by atoms with E-state index in [2.05, 4.69) is 10.3 Å². The van der Waals surface area contributed by atoms with Crippen LogP contribution in [-0.2, 0) is 4.74 Å². The Bertz CT molecular complexity index is 973. The van der Waals surface area contributed by atoms with Crippen LogP contribution in [0.2, 0.25) is 0 Å². The van der Waals surface area contributed by atoms with Crippen molar-refractivity contribution in [1.82, 2.24) is 10.3 Å². The summed E-state index contributed by atoms with van der Waals surface area (Å²) in [5.74, 6) is 0.790. The molecule has 1 atom stereocenters. The van der Waals surface area contributed by atoms with Gasteiger partial charge >= 0.3 is 0 Å². The normalized spacial score (nSPS) is 15.4. The zero-order chi connectivity index (χ0) is 20.8.